The fourth-order valence-electron chi connectivity index (χ4n) is 2.54. The first-order chi connectivity index (χ1) is 9.25. The molecule has 1 aromatic heterocycles. The van der Waals surface area contributed by atoms with Gasteiger partial charge in [0.15, 0.2) is 0 Å². The first-order valence-electron chi connectivity index (χ1n) is 5.97. The average Bonchev–Trinajstić information content (AvgIpc) is 2.93. The van der Waals surface area contributed by atoms with Crippen LogP contribution in [0, 0.1) is 0 Å². The Hall–Kier alpha value is 0.0400. The summed E-state index contributed by atoms with van der Waals surface area (Å²) in [7, 11) is -3.83. The molecule has 0 aromatic carbocycles. The van der Waals surface area contributed by atoms with Crippen molar-refractivity contribution in [2.45, 2.75) is 36.6 Å². The Morgan fingerprint density at radius 3 is 2.65 bits per heavy atom. The Kier molecular flexibility index (Phi) is 4.66. The van der Waals surface area contributed by atoms with Crippen molar-refractivity contribution in [2.24, 2.45) is 0 Å². The molecule has 2 heterocycles. The highest BCUT2D eigenvalue weighted by Gasteiger charge is 2.52. The van der Waals surface area contributed by atoms with Gasteiger partial charge in [0.25, 0.3) is 0 Å². The first kappa shape index (κ1) is 16.4. The number of carbonyl (C=O) groups is 1. The first-order valence-corrected chi connectivity index (χ1v) is 9.81. The minimum absolute atomic E-state index is 0.121. The lowest BCUT2D eigenvalue weighted by molar-refractivity contribution is -0.147. The van der Waals surface area contributed by atoms with Crippen molar-refractivity contribution in [1.82, 2.24) is 4.31 Å². The minimum atomic E-state index is -3.83. The molecule has 9 heteroatoms. The molecule has 0 aliphatic carbocycles. The molecular weight excluding hydrogens is 434 g/mol. The summed E-state index contributed by atoms with van der Waals surface area (Å²) < 4.78 is 27.8. The summed E-state index contributed by atoms with van der Waals surface area (Å²) in [5.41, 5.74) is -1.33. The largest absolute Gasteiger partial charge is 0.480 e. The fourth-order valence-corrected chi connectivity index (χ4v) is 8.17. The van der Waals surface area contributed by atoms with Crippen LogP contribution in [0.25, 0.3) is 0 Å². The molecule has 0 amide bonds. The summed E-state index contributed by atoms with van der Waals surface area (Å²) in [5, 5.41) is 9.49. The lowest BCUT2D eigenvalue weighted by atomic mass is 9.95. The quantitative estimate of drug-likeness (QED) is 0.769. The molecule has 1 N–H and O–H groups in total. The summed E-state index contributed by atoms with van der Waals surface area (Å²) in [6, 6.07) is 1.50. The van der Waals surface area contributed by atoms with Gasteiger partial charge in [-0.05, 0) is 57.2 Å². The van der Waals surface area contributed by atoms with Crippen LogP contribution in [0.2, 0.25) is 0 Å². The lowest BCUT2D eigenvalue weighted by Gasteiger charge is -2.32. The molecule has 5 nitrogen and oxygen atoms in total. The van der Waals surface area contributed by atoms with E-state index in [1.54, 1.807) is 6.92 Å². The average molecular weight is 447 g/mol. The third-order valence-corrected chi connectivity index (χ3v) is 8.33. The van der Waals surface area contributed by atoms with Crippen molar-refractivity contribution in [2.75, 3.05) is 6.54 Å². The predicted molar refractivity (Wildman–Crippen MR) is 83.5 cm³/mol. The topological polar surface area (TPSA) is 74.7 Å². The maximum Gasteiger partial charge on any atom is 0.325 e. The Morgan fingerprint density at radius 1 is 1.55 bits per heavy atom. The number of thiophene rings is 1. The van der Waals surface area contributed by atoms with E-state index in [1.165, 1.54) is 17.4 Å². The van der Waals surface area contributed by atoms with E-state index in [4.69, 9.17) is 0 Å². The van der Waals surface area contributed by atoms with Gasteiger partial charge in [-0.1, -0.05) is 6.92 Å². The molecule has 20 heavy (non-hydrogen) atoms. The fraction of sp³-hybridized carbons (Fsp3) is 0.545. The van der Waals surface area contributed by atoms with Gasteiger partial charge in [0.2, 0.25) is 10.0 Å². The highest BCUT2D eigenvalue weighted by Crippen LogP contribution is 2.42. The zero-order chi connectivity index (χ0) is 15.1. The molecule has 1 aliphatic heterocycles. The molecule has 1 aliphatic rings. The van der Waals surface area contributed by atoms with Gasteiger partial charge in [0, 0.05) is 6.54 Å². The summed E-state index contributed by atoms with van der Waals surface area (Å²) in [6.45, 7) is 1.95. The Morgan fingerprint density at radius 2 is 2.20 bits per heavy atom. The molecule has 0 spiro atoms. The third kappa shape index (κ3) is 2.47. The van der Waals surface area contributed by atoms with E-state index in [2.05, 4.69) is 31.9 Å². The summed E-state index contributed by atoms with van der Waals surface area (Å²) >= 11 is 7.73. The number of rotatable bonds is 4. The molecule has 0 radical (unpaired) electrons. The van der Waals surface area contributed by atoms with Crippen LogP contribution < -0.4 is 0 Å². The van der Waals surface area contributed by atoms with Crippen molar-refractivity contribution < 1.29 is 18.3 Å². The highest BCUT2D eigenvalue weighted by atomic mass is 79.9. The highest BCUT2D eigenvalue weighted by molar-refractivity contribution is 9.12. The van der Waals surface area contributed by atoms with Gasteiger partial charge in [-0.2, -0.15) is 4.31 Å². The molecule has 0 saturated carbocycles. The van der Waals surface area contributed by atoms with Crippen LogP contribution in [0.5, 0.6) is 0 Å². The van der Waals surface area contributed by atoms with E-state index in [0.29, 0.717) is 20.4 Å². The van der Waals surface area contributed by atoms with Gasteiger partial charge in [0.1, 0.15) is 10.4 Å². The Balaban J connectivity index is 2.54. The number of hydrogen-bond donors (Lipinski definition) is 1. The van der Waals surface area contributed by atoms with Gasteiger partial charge in [-0.3, -0.25) is 4.79 Å². The number of nitrogens with zero attached hydrogens (tertiary/aromatic N) is 1. The second kappa shape index (κ2) is 5.68. The van der Waals surface area contributed by atoms with E-state index < -0.39 is 21.5 Å². The molecule has 1 fully saturated rings. The van der Waals surface area contributed by atoms with E-state index >= 15 is 0 Å². The van der Waals surface area contributed by atoms with Crippen molar-refractivity contribution in [3.63, 3.8) is 0 Å². The third-order valence-electron chi connectivity index (χ3n) is 3.61. The lowest BCUT2D eigenvalue weighted by Crippen LogP contribution is -2.52. The standard InChI is InChI=1S/C11H13Br2NO4S2/c1-2-11(10(15)16)4-3-5-14(11)20(17,18)7-6-8(12)19-9(7)13/h6H,2-5H2,1H3,(H,15,16). The number of sulfonamides is 1. The molecule has 1 saturated heterocycles. The monoisotopic (exact) mass is 445 g/mol. The summed E-state index contributed by atoms with van der Waals surface area (Å²) in [6.07, 6.45) is 1.16. The van der Waals surface area contributed by atoms with Crippen LogP contribution in [0.4, 0.5) is 0 Å². The van der Waals surface area contributed by atoms with Gasteiger partial charge in [-0.15, -0.1) is 11.3 Å². The summed E-state index contributed by atoms with van der Waals surface area (Å²) in [4.78, 5) is 11.7. The number of hydrogen-bond acceptors (Lipinski definition) is 4. The Labute approximate surface area is 138 Å². The van der Waals surface area contributed by atoms with Crippen molar-refractivity contribution in [1.29, 1.82) is 0 Å². The van der Waals surface area contributed by atoms with E-state index in [0.717, 1.165) is 4.31 Å². The van der Waals surface area contributed by atoms with Crippen LogP contribution in [-0.4, -0.2) is 35.9 Å². The van der Waals surface area contributed by atoms with E-state index in [1.807, 2.05) is 0 Å². The number of carboxylic acids is 1. The van der Waals surface area contributed by atoms with Crippen molar-refractivity contribution >= 4 is 59.2 Å². The Bertz CT molecular complexity index is 643. The van der Waals surface area contributed by atoms with Gasteiger partial charge < -0.3 is 5.11 Å². The van der Waals surface area contributed by atoms with Gasteiger partial charge in [-0.25, -0.2) is 8.42 Å². The minimum Gasteiger partial charge on any atom is -0.480 e. The van der Waals surface area contributed by atoms with E-state index in [9.17, 15) is 18.3 Å². The number of halogens is 2. The second-order valence-corrected chi connectivity index (χ2v) is 10.1. The van der Waals surface area contributed by atoms with Crippen molar-refractivity contribution in [3.05, 3.63) is 13.6 Å². The zero-order valence-corrected chi connectivity index (χ0v) is 15.4. The number of aliphatic carboxylic acids is 1. The molecule has 1 atom stereocenters. The number of carboxylic acid groups (broad SMARTS) is 1. The maximum absolute atomic E-state index is 12.8. The normalized spacial score (nSPS) is 24.1. The zero-order valence-electron chi connectivity index (χ0n) is 10.6. The SMILES string of the molecule is CCC1(C(=O)O)CCCN1S(=O)(=O)c1cc(Br)sc1Br. The van der Waals surface area contributed by atoms with Crippen LogP contribution in [-0.2, 0) is 14.8 Å². The van der Waals surface area contributed by atoms with Gasteiger partial charge >= 0.3 is 5.97 Å². The van der Waals surface area contributed by atoms with Crippen LogP contribution >= 0.6 is 43.2 Å². The molecule has 112 valence electrons. The molecule has 2 rings (SSSR count). The smallest absolute Gasteiger partial charge is 0.325 e. The van der Waals surface area contributed by atoms with Gasteiger partial charge in [0.05, 0.1) is 7.57 Å². The maximum atomic E-state index is 12.8. The molecule has 0 bridgehead atoms. The van der Waals surface area contributed by atoms with E-state index in [-0.39, 0.29) is 17.9 Å². The molecular formula is C11H13Br2NO4S2. The summed E-state index contributed by atoms with van der Waals surface area (Å²) in [5.74, 6) is -1.08. The van der Waals surface area contributed by atoms with Crippen LogP contribution in [0.1, 0.15) is 26.2 Å². The van der Waals surface area contributed by atoms with Crippen molar-refractivity contribution in [3.8, 4) is 0 Å². The molecule has 1 aromatic rings. The van der Waals surface area contributed by atoms with Crippen LogP contribution in [0.15, 0.2) is 18.5 Å². The molecule has 1 unspecified atom stereocenters. The second-order valence-electron chi connectivity index (χ2n) is 4.56. The predicted octanol–water partition coefficient (Wildman–Crippen LogP) is 3.29. The van der Waals surface area contributed by atoms with Crippen LogP contribution in [0.3, 0.4) is 0 Å².